The zero-order valence-corrected chi connectivity index (χ0v) is 14.5. The van der Waals surface area contributed by atoms with Crippen molar-refractivity contribution < 1.29 is 9.59 Å². The second kappa shape index (κ2) is 7.62. The van der Waals surface area contributed by atoms with E-state index in [1.54, 1.807) is 0 Å². The molecule has 126 valence electrons. The number of likely N-dealkylation sites (tertiary alicyclic amines) is 1. The second-order valence-corrected chi connectivity index (χ2v) is 7.36. The molecule has 0 bridgehead atoms. The molecule has 1 aliphatic heterocycles. The number of carbonyl (C=O) groups is 2. The van der Waals surface area contributed by atoms with E-state index < -0.39 is 5.41 Å². The zero-order chi connectivity index (χ0) is 16.9. The van der Waals surface area contributed by atoms with Crippen LogP contribution < -0.4 is 5.32 Å². The van der Waals surface area contributed by atoms with E-state index in [9.17, 15) is 9.59 Å². The monoisotopic (exact) mass is 316 g/mol. The van der Waals surface area contributed by atoms with Crippen molar-refractivity contribution >= 4 is 11.8 Å². The van der Waals surface area contributed by atoms with Crippen LogP contribution in [0.1, 0.15) is 45.6 Å². The summed E-state index contributed by atoms with van der Waals surface area (Å²) >= 11 is 0. The van der Waals surface area contributed by atoms with Crippen molar-refractivity contribution in [3.63, 3.8) is 0 Å². The summed E-state index contributed by atoms with van der Waals surface area (Å²) in [7, 11) is 0. The van der Waals surface area contributed by atoms with Gasteiger partial charge in [-0.05, 0) is 31.2 Å². The van der Waals surface area contributed by atoms with E-state index in [0.29, 0.717) is 0 Å². The number of rotatable bonds is 4. The average Bonchev–Trinajstić information content (AvgIpc) is 2.53. The molecule has 1 aliphatic rings. The fourth-order valence-corrected chi connectivity index (χ4v) is 2.95. The molecule has 4 nitrogen and oxygen atoms in total. The van der Waals surface area contributed by atoms with Crippen LogP contribution in [0.15, 0.2) is 30.3 Å². The Labute approximate surface area is 139 Å². The molecule has 0 saturated carbocycles. The van der Waals surface area contributed by atoms with Gasteiger partial charge in [0, 0.05) is 18.0 Å². The van der Waals surface area contributed by atoms with Crippen molar-refractivity contribution in [2.75, 3.05) is 13.1 Å². The molecule has 23 heavy (non-hydrogen) atoms. The van der Waals surface area contributed by atoms with Gasteiger partial charge >= 0.3 is 0 Å². The van der Waals surface area contributed by atoms with Crippen molar-refractivity contribution in [1.82, 2.24) is 10.2 Å². The Morgan fingerprint density at radius 3 is 2.52 bits per heavy atom. The Morgan fingerprint density at radius 1 is 1.17 bits per heavy atom. The summed E-state index contributed by atoms with van der Waals surface area (Å²) in [5.41, 5.74) is 0.793. The fraction of sp³-hybridized carbons (Fsp3) is 0.579. The smallest absolute Gasteiger partial charge is 0.242 e. The number of amides is 2. The molecular formula is C19H28N2O2. The van der Waals surface area contributed by atoms with Gasteiger partial charge in [0.05, 0.1) is 6.54 Å². The number of benzene rings is 1. The van der Waals surface area contributed by atoms with Crippen molar-refractivity contribution in [3.05, 3.63) is 35.9 Å². The van der Waals surface area contributed by atoms with Crippen molar-refractivity contribution in [3.8, 4) is 0 Å². The van der Waals surface area contributed by atoms with Gasteiger partial charge in [0.15, 0.2) is 0 Å². The van der Waals surface area contributed by atoms with Crippen LogP contribution in [0, 0.1) is 5.41 Å². The van der Waals surface area contributed by atoms with Crippen LogP contribution in [-0.2, 0) is 16.0 Å². The number of piperidine rings is 1. The van der Waals surface area contributed by atoms with E-state index in [-0.39, 0.29) is 24.4 Å². The first-order valence-corrected chi connectivity index (χ1v) is 8.49. The van der Waals surface area contributed by atoms with Gasteiger partial charge < -0.3 is 10.2 Å². The van der Waals surface area contributed by atoms with Gasteiger partial charge in [0.25, 0.3) is 0 Å². The number of nitrogens with one attached hydrogen (secondary N) is 1. The molecule has 1 aromatic rings. The standard InChI is InChI=1S/C19H28N2O2/c1-19(2,3)18(23)20-14-17(22)21-12-8-7-11-16(21)13-15-9-5-4-6-10-15/h4-6,9-10,16H,7-8,11-14H2,1-3H3,(H,20,23)/t16-/m0/s1. The molecule has 0 aromatic heterocycles. The SMILES string of the molecule is CC(C)(C)C(=O)NCC(=O)N1CCCC[C@H]1Cc1ccccc1. The first-order chi connectivity index (χ1) is 10.9. The predicted molar refractivity (Wildman–Crippen MR) is 92.0 cm³/mol. The first-order valence-electron chi connectivity index (χ1n) is 8.49. The highest BCUT2D eigenvalue weighted by atomic mass is 16.2. The van der Waals surface area contributed by atoms with E-state index in [1.807, 2.05) is 43.9 Å². The van der Waals surface area contributed by atoms with Gasteiger partial charge in [-0.25, -0.2) is 0 Å². The summed E-state index contributed by atoms with van der Waals surface area (Å²) in [5, 5.41) is 2.77. The topological polar surface area (TPSA) is 49.4 Å². The fourth-order valence-electron chi connectivity index (χ4n) is 2.95. The molecule has 0 unspecified atom stereocenters. The Hall–Kier alpha value is -1.84. The van der Waals surface area contributed by atoms with Crippen molar-refractivity contribution in [1.29, 1.82) is 0 Å². The molecule has 1 atom stereocenters. The van der Waals surface area contributed by atoms with E-state index in [0.717, 1.165) is 32.2 Å². The molecule has 1 fully saturated rings. The maximum absolute atomic E-state index is 12.5. The summed E-state index contributed by atoms with van der Waals surface area (Å²) in [6.45, 7) is 6.45. The minimum absolute atomic E-state index is 0.0308. The minimum atomic E-state index is -0.467. The van der Waals surface area contributed by atoms with Gasteiger partial charge in [-0.15, -0.1) is 0 Å². The van der Waals surface area contributed by atoms with Gasteiger partial charge in [0.1, 0.15) is 0 Å². The molecule has 1 saturated heterocycles. The number of hydrogen-bond donors (Lipinski definition) is 1. The van der Waals surface area contributed by atoms with Crippen molar-refractivity contribution in [2.24, 2.45) is 5.41 Å². The predicted octanol–water partition coefficient (Wildman–Crippen LogP) is 2.77. The molecule has 1 heterocycles. The lowest BCUT2D eigenvalue weighted by molar-refractivity contribution is -0.137. The highest BCUT2D eigenvalue weighted by molar-refractivity contribution is 5.87. The van der Waals surface area contributed by atoms with E-state index >= 15 is 0 Å². The summed E-state index contributed by atoms with van der Waals surface area (Å²) < 4.78 is 0. The number of hydrogen-bond acceptors (Lipinski definition) is 2. The van der Waals surface area contributed by atoms with Crippen LogP contribution in [0.4, 0.5) is 0 Å². The maximum Gasteiger partial charge on any atom is 0.242 e. The van der Waals surface area contributed by atoms with Crippen molar-refractivity contribution in [2.45, 2.75) is 52.5 Å². The lowest BCUT2D eigenvalue weighted by atomic mass is 9.95. The lowest BCUT2D eigenvalue weighted by Gasteiger charge is -2.36. The molecule has 2 rings (SSSR count). The van der Waals surface area contributed by atoms with Crippen LogP contribution >= 0.6 is 0 Å². The van der Waals surface area contributed by atoms with E-state index in [2.05, 4.69) is 17.4 Å². The summed E-state index contributed by atoms with van der Waals surface area (Å²) in [6.07, 6.45) is 4.13. The van der Waals surface area contributed by atoms with Crippen LogP contribution in [0.25, 0.3) is 0 Å². The summed E-state index contributed by atoms with van der Waals surface area (Å²) in [5.74, 6) is -0.0503. The van der Waals surface area contributed by atoms with E-state index in [4.69, 9.17) is 0 Å². The zero-order valence-electron chi connectivity index (χ0n) is 14.5. The third-order valence-corrected chi connectivity index (χ3v) is 4.34. The van der Waals surface area contributed by atoms with Gasteiger partial charge in [0.2, 0.25) is 11.8 Å². The van der Waals surface area contributed by atoms with Gasteiger partial charge in [-0.1, -0.05) is 51.1 Å². The van der Waals surface area contributed by atoms with Crippen LogP contribution in [0.3, 0.4) is 0 Å². The van der Waals surface area contributed by atoms with Crippen LogP contribution in [0.2, 0.25) is 0 Å². The molecule has 0 radical (unpaired) electrons. The molecule has 4 heteroatoms. The molecule has 1 N–H and O–H groups in total. The molecule has 1 aromatic carbocycles. The Bertz CT molecular complexity index is 534. The number of carbonyl (C=O) groups excluding carboxylic acids is 2. The average molecular weight is 316 g/mol. The van der Waals surface area contributed by atoms with Crippen LogP contribution in [0.5, 0.6) is 0 Å². The normalized spacial score (nSPS) is 18.6. The molecular weight excluding hydrogens is 288 g/mol. The molecule has 2 amide bonds. The van der Waals surface area contributed by atoms with Gasteiger partial charge in [-0.3, -0.25) is 9.59 Å². The third-order valence-electron chi connectivity index (χ3n) is 4.34. The maximum atomic E-state index is 12.5. The summed E-state index contributed by atoms with van der Waals surface area (Å²) in [6, 6.07) is 10.5. The number of nitrogens with zero attached hydrogens (tertiary/aromatic N) is 1. The Morgan fingerprint density at radius 2 is 1.87 bits per heavy atom. The highest BCUT2D eigenvalue weighted by Gasteiger charge is 2.28. The van der Waals surface area contributed by atoms with E-state index in [1.165, 1.54) is 5.56 Å². The molecule has 0 spiro atoms. The Kier molecular flexibility index (Phi) is 5.80. The second-order valence-electron chi connectivity index (χ2n) is 7.36. The molecule has 0 aliphatic carbocycles. The summed E-state index contributed by atoms with van der Waals surface area (Å²) in [4.78, 5) is 26.4. The van der Waals surface area contributed by atoms with Gasteiger partial charge in [-0.2, -0.15) is 0 Å². The quantitative estimate of drug-likeness (QED) is 0.928. The highest BCUT2D eigenvalue weighted by Crippen LogP contribution is 2.21. The third kappa shape index (κ3) is 5.08. The largest absolute Gasteiger partial charge is 0.347 e. The van der Waals surface area contributed by atoms with Crippen LogP contribution in [-0.4, -0.2) is 35.8 Å². The minimum Gasteiger partial charge on any atom is -0.347 e. The lowest BCUT2D eigenvalue weighted by Crippen LogP contribution is -2.49. The first kappa shape index (κ1) is 17.5. The Balaban J connectivity index is 1.95.